The van der Waals surface area contributed by atoms with Crippen LogP contribution in [0.3, 0.4) is 0 Å². The summed E-state index contributed by atoms with van der Waals surface area (Å²) in [6.07, 6.45) is 6.41. The summed E-state index contributed by atoms with van der Waals surface area (Å²) in [5.74, 6) is 0.774. The van der Waals surface area contributed by atoms with Crippen molar-refractivity contribution in [2.75, 3.05) is 13.6 Å². The predicted octanol–water partition coefficient (Wildman–Crippen LogP) is 2.84. The zero-order chi connectivity index (χ0) is 17.2. The maximum Gasteiger partial charge on any atom is 0.221 e. The molecule has 24 heavy (non-hydrogen) atoms. The molecule has 2 rings (SSSR count). The van der Waals surface area contributed by atoms with Crippen LogP contribution < -0.4 is 16.0 Å². The van der Waals surface area contributed by atoms with Gasteiger partial charge in [0.05, 0.1) is 0 Å². The molecule has 1 amide bonds. The highest BCUT2D eigenvalue weighted by molar-refractivity contribution is 6.31. The van der Waals surface area contributed by atoms with Gasteiger partial charge in [-0.05, 0) is 24.5 Å². The van der Waals surface area contributed by atoms with E-state index in [1.165, 1.54) is 19.3 Å². The van der Waals surface area contributed by atoms with E-state index in [1.807, 2.05) is 24.3 Å². The number of aliphatic imine (C=N–C) groups is 1. The van der Waals surface area contributed by atoms with E-state index in [0.717, 1.165) is 23.4 Å². The number of halogens is 1. The highest BCUT2D eigenvalue weighted by atomic mass is 35.5. The molecule has 0 bridgehead atoms. The van der Waals surface area contributed by atoms with Gasteiger partial charge in [-0.1, -0.05) is 49.1 Å². The highest BCUT2D eigenvalue weighted by Crippen LogP contribution is 2.17. The largest absolute Gasteiger partial charge is 0.356 e. The van der Waals surface area contributed by atoms with Crippen molar-refractivity contribution >= 4 is 23.5 Å². The molecular formula is C18H27ClN4O. The van der Waals surface area contributed by atoms with E-state index in [9.17, 15) is 4.79 Å². The van der Waals surface area contributed by atoms with Crippen LogP contribution in [0, 0.1) is 0 Å². The zero-order valence-electron chi connectivity index (χ0n) is 14.3. The Morgan fingerprint density at radius 3 is 2.67 bits per heavy atom. The van der Waals surface area contributed by atoms with Gasteiger partial charge in [0.15, 0.2) is 5.96 Å². The number of carbonyl (C=O) groups is 1. The number of hydrogen-bond donors (Lipinski definition) is 3. The minimum Gasteiger partial charge on any atom is -0.356 e. The van der Waals surface area contributed by atoms with Crippen LogP contribution in [0.1, 0.15) is 44.1 Å². The number of benzene rings is 1. The Kier molecular flexibility index (Phi) is 7.89. The maximum atomic E-state index is 12.0. The molecule has 3 N–H and O–H groups in total. The summed E-state index contributed by atoms with van der Waals surface area (Å²) in [5, 5.41) is 10.2. The monoisotopic (exact) mass is 350 g/mol. The number of amides is 1. The molecule has 132 valence electrons. The number of nitrogens with one attached hydrogen (secondary N) is 3. The smallest absolute Gasteiger partial charge is 0.221 e. The van der Waals surface area contributed by atoms with Crippen LogP contribution in [0.4, 0.5) is 0 Å². The Labute approximate surface area is 149 Å². The van der Waals surface area contributed by atoms with Crippen molar-refractivity contribution in [1.29, 1.82) is 0 Å². The third-order valence-corrected chi connectivity index (χ3v) is 4.61. The minimum atomic E-state index is 0.107. The fourth-order valence-corrected chi connectivity index (χ4v) is 3.09. The van der Waals surface area contributed by atoms with Crippen molar-refractivity contribution in [3.63, 3.8) is 0 Å². The quantitative estimate of drug-likeness (QED) is 0.546. The van der Waals surface area contributed by atoms with Crippen LogP contribution in [0.15, 0.2) is 29.3 Å². The van der Waals surface area contributed by atoms with Gasteiger partial charge < -0.3 is 16.0 Å². The molecule has 0 unspecified atom stereocenters. The second-order valence-corrected chi connectivity index (χ2v) is 6.50. The van der Waals surface area contributed by atoms with Crippen LogP contribution >= 0.6 is 11.6 Å². The first-order valence-electron chi connectivity index (χ1n) is 8.66. The van der Waals surface area contributed by atoms with E-state index in [1.54, 1.807) is 7.05 Å². The van der Waals surface area contributed by atoms with E-state index >= 15 is 0 Å². The lowest BCUT2D eigenvalue weighted by Gasteiger charge is -2.22. The molecule has 1 fully saturated rings. The minimum absolute atomic E-state index is 0.107. The molecule has 0 spiro atoms. The van der Waals surface area contributed by atoms with E-state index in [-0.39, 0.29) is 5.91 Å². The Morgan fingerprint density at radius 2 is 1.96 bits per heavy atom. The van der Waals surface area contributed by atoms with Gasteiger partial charge in [0.25, 0.3) is 0 Å². The lowest BCUT2D eigenvalue weighted by atomic mass is 9.95. The molecule has 1 aliphatic rings. The van der Waals surface area contributed by atoms with Crippen LogP contribution in [-0.4, -0.2) is 31.5 Å². The van der Waals surface area contributed by atoms with Gasteiger partial charge in [-0.25, -0.2) is 0 Å². The van der Waals surface area contributed by atoms with E-state index < -0.39 is 0 Å². The molecule has 0 saturated heterocycles. The number of rotatable bonds is 6. The Balaban J connectivity index is 1.66. The van der Waals surface area contributed by atoms with E-state index in [4.69, 9.17) is 11.6 Å². The predicted molar refractivity (Wildman–Crippen MR) is 99.3 cm³/mol. The van der Waals surface area contributed by atoms with E-state index in [0.29, 0.717) is 31.5 Å². The summed E-state index contributed by atoms with van der Waals surface area (Å²) in [5.41, 5.74) is 1.01. The maximum absolute atomic E-state index is 12.0. The van der Waals surface area contributed by atoms with Crippen molar-refractivity contribution in [2.45, 2.75) is 51.1 Å². The lowest BCUT2D eigenvalue weighted by Crippen LogP contribution is -2.41. The van der Waals surface area contributed by atoms with Crippen molar-refractivity contribution in [3.05, 3.63) is 34.9 Å². The first-order chi connectivity index (χ1) is 11.7. The summed E-state index contributed by atoms with van der Waals surface area (Å²) in [6.45, 7) is 1.15. The molecule has 0 atom stereocenters. The highest BCUT2D eigenvalue weighted by Gasteiger charge is 2.15. The van der Waals surface area contributed by atoms with Gasteiger partial charge in [0.1, 0.15) is 0 Å². The Hall–Kier alpha value is -1.75. The number of hydrogen-bond acceptors (Lipinski definition) is 2. The normalized spacial score (nSPS) is 15.8. The Morgan fingerprint density at radius 1 is 1.21 bits per heavy atom. The van der Waals surface area contributed by atoms with Crippen LogP contribution in [0.25, 0.3) is 0 Å². The van der Waals surface area contributed by atoms with Crippen LogP contribution in [-0.2, 0) is 11.3 Å². The molecule has 1 aromatic rings. The molecule has 6 heteroatoms. The zero-order valence-corrected chi connectivity index (χ0v) is 15.0. The number of nitrogens with zero attached hydrogens (tertiary/aromatic N) is 1. The van der Waals surface area contributed by atoms with Gasteiger partial charge >= 0.3 is 0 Å². The molecular weight excluding hydrogens is 324 g/mol. The van der Waals surface area contributed by atoms with Gasteiger partial charge in [-0.15, -0.1) is 0 Å². The summed E-state index contributed by atoms with van der Waals surface area (Å²) < 4.78 is 0. The summed E-state index contributed by atoms with van der Waals surface area (Å²) >= 11 is 6.14. The average molecular weight is 351 g/mol. The first-order valence-corrected chi connectivity index (χ1v) is 9.04. The van der Waals surface area contributed by atoms with Crippen molar-refractivity contribution in [1.82, 2.24) is 16.0 Å². The molecule has 1 saturated carbocycles. The molecule has 0 aliphatic heterocycles. The third kappa shape index (κ3) is 6.40. The third-order valence-electron chi connectivity index (χ3n) is 4.24. The Bertz CT molecular complexity index is 556. The molecule has 0 heterocycles. The van der Waals surface area contributed by atoms with Gasteiger partial charge in [0.2, 0.25) is 5.91 Å². The van der Waals surface area contributed by atoms with Crippen molar-refractivity contribution in [2.24, 2.45) is 4.99 Å². The first kappa shape index (κ1) is 18.6. The fourth-order valence-electron chi connectivity index (χ4n) is 2.88. The van der Waals surface area contributed by atoms with Crippen LogP contribution in [0.2, 0.25) is 5.02 Å². The molecule has 0 radical (unpaired) electrons. The van der Waals surface area contributed by atoms with Gasteiger partial charge in [0, 0.05) is 37.6 Å². The fraction of sp³-hybridized carbons (Fsp3) is 0.556. The second-order valence-electron chi connectivity index (χ2n) is 6.10. The second kappa shape index (κ2) is 10.2. The molecule has 0 aromatic heterocycles. The van der Waals surface area contributed by atoms with Crippen LogP contribution in [0.5, 0.6) is 0 Å². The topological polar surface area (TPSA) is 65.5 Å². The number of guanidine groups is 1. The molecule has 1 aliphatic carbocycles. The molecule has 1 aromatic carbocycles. The van der Waals surface area contributed by atoms with Gasteiger partial charge in [-0.3, -0.25) is 9.79 Å². The lowest BCUT2D eigenvalue weighted by molar-refractivity contribution is -0.121. The number of carbonyl (C=O) groups excluding carboxylic acids is 1. The van der Waals surface area contributed by atoms with Gasteiger partial charge in [-0.2, -0.15) is 0 Å². The molecule has 5 nitrogen and oxygen atoms in total. The average Bonchev–Trinajstić information content (AvgIpc) is 2.60. The summed E-state index contributed by atoms with van der Waals surface area (Å²) in [6, 6.07) is 8.06. The standard InChI is InChI=1S/C18H27ClN4O/c1-20-18(22-13-14-7-5-6-10-16(14)19)21-12-11-17(24)23-15-8-3-2-4-9-15/h5-7,10,15H,2-4,8-9,11-13H2,1H3,(H,23,24)(H2,20,21,22). The SMILES string of the molecule is CN=C(NCCC(=O)NC1CCCCC1)NCc1ccccc1Cl. The summed E-state index contributed by atoms with van der Waals surface area (Å²) in [7, 11) is 1.71. The van der Waals surface area contributed by atoms with Crippen molar-refractivity contribution in [3.8, 4) is 0 Å². The summed E-state index contributed by atoms with van der Waals surface area (Å²) in [4.78, 5) is 16.1. The van der Waals surface area contributed by atoms with Crippen molar-refractivity contribution < 1.29 is 4.79 Å². The van der Waals surface area contributed by atoms with E-state index in [2.05, 4.69) is 20.9 Å².